The molecular weight excluding hydrogens is 466 g/mol. The van der Waals surface area contributed by atoms with Gasteiger partial charge in [0.2, 0.25) is 0 Å². The molecule has 0 fully saturated rings. The third-order valence-corrected chi connectivity index (χ3v) is 2.67. The van der Waals surface area contributed by atoms with Gasteiger partial charge in [-0.05, 0) is 12.1 Å². The van der Waals surface area contributed by atoms with Crippen molar-refractivity contribution in [1.29, 1.82) is 0 Å². The van der Waals surface area contributed by atoms with E-state index in [9.17, 15) is 10.1 Å². The number of hydrogen-bond acceptors (Lipinski definition) is 2. The van der Waals surface area contributed by atoms with Crippen molar-refractivity contribution < 1.29 is 45.0 Å². The monoisotopic (exact) mass is 475 g/mol. The van der Waals surface area contributed by atoms with Gasteiger partial charge >= 0.3 is 38.9 Å². The van der Waals surface area contributed by atoms with E-state index in [1.165, 1.54) is 12.1 Å². The van der Waals surface area contributed by atoms with Crippen LogP contribution in [0, 0.1) is 10.1 Å². The van der Waals surface area contributed by atoms with Gasteiger partial charge in [-0.3, -0.25) is 10.1 Å². The summed E-state index contributed by atoms with van der Waals surface area (Å²) in [4.78, 5) is 10.3. The minimum absolute atomic E-state index is 0. The van der Waals surface area contributed by atoms with E-state index < -0.39 is 4.92 Å². The number of fused-ring (bicyclic) bond motifs is 1. The Morgan fingerprint density at radius 1 is 1.10 bits per heavy atom. The second-order valence-electron chi connectivity index (χ2n) is 3.86. The molecule has 0 atom stereocenters. The molecule has 1 heterocycles. The van der Waals surface area contributed by atoms with Gasteiger partial charge in [0.15, 0.2) is 0 Å². The second kappa shape index (κ2) is 6.79. The van der Waals surface area contributed by atoms with Crippen molar-refractivity contribution in [3.8, 4) is 0 Å². The molecule has 0 unspecified atom stereocenters. The molecule has 0 aromatic heterocycles. The summed E-state index contributed by atoms with van der Waals surface area (Å²) in [5.74, 6) is 0.589. The minimum atomic E-state index is -0.428. The normalized spacial score (nSPS) is 10.9. The summed E-state index contributed by atoms with van der Waals surface area (Å²) >= 11 is 0. The molecule has 0 amide bonds. The molecule has 2 aromatic rings. The van der Waals surface area contributed by atoms with E-state index in [-0.39, 0.29) is 45.8 Å². The van der Waals surface area contributed by atoms with Crippen LogP contribution in [0.25, 0.3) is 11.5 Å². The van der Waals surface area contributed by atoms with Crippen LogP contribution < -0.4 is 23.1 Å². The number of hydrogen-bond donors (Lipinski definition) is 0. The van der Waals surface area contributed by atoms with Crippen molar-refractivity contribution in [3.05, 3.63) is 79.3 Å². The molecule has 0 saturated heterocycles. The fourth-order valence-corrected chi connectivity index (χ4v) is 1.80. The predicted octanol–water partition coefficient (Wildman–Crippen LogP) is -1.35. The van der Waals surface area contributed by atoms with E-state index in [0.29, 0.717) is 16.4 Å². The maximum atomic E-state index is 10.7. The van der Waals surface area contributed by atoms with E-state index in [1.54, 1.807) is 6.07 Å². The summed E-state index contributed by atoms with van der Waals surface area (Å²) in [6.45, 7) is 0. The summed E-state index contributed by atoms with van der Waals surface area (Å²) in [5, 5.41) is 11.3. The van der Waals surface area contributed by atoms with Crippen molar-refractivity contribution in [2.75, 3.05) is 0 Å². The molecule has 2 aromatic carbocycles. The minimum Gasteiger partial charge on any atom is -1.00 e. The molecule has 0 bridgehead atoms. The van der Waals surface area contributed by atoms with Crippen LogP contribution in [-0.4, -0.2) is 4.92 Å². The molecule has 0 N–H and O–H groups in total. The number of non-ortho nitro benzene ring substituents is 1. The van der Waals surface area contributed by atoms with E-state index >= 15 is 0 Å². The molecule has 20 heavy (non-hydrogen) atoms. The van der Waals surface area contributed by atoms with Gasteiger partial charge in [0.25, 0.3) is 5.69 Å². The van der Waals surface area contributed by atoms with Crippen LogP contribution in [0.5, 0.6) is 0 Å². The average Bonchev–Trinajstić information content (AvgIpc) is 2.82. The van der Waals surface area contributed by atoms with Crippen LogP contribution in [0.2, 0.25) is 0 Å². The Morgan fingerprint density at radius 3 is 2.45 bits per heavy atom. The third-order valence-electron chi connectivity index (χ3n) is 2.67. The summed E-state index contributed by atoms with van der Waals surface area (Å²) in [6.07, 6.45) is 0. The van der Waals surface area contributed by atoms with Crippen molar-refractivity contribution in [3.63, 3.8) is 0 Å². The van der Waals surface area contributed by atoms with Crippen molar-refractivity contribution in [2.45, 2.75) is 0 Å². The van der Waals surface area contributed by atoms with E-state index in [4.69, 9.17) is 4.42 Å². The molecule has 1 radical (unpaired) electrons. The molecule has 95 valence electrons. The topological polar surface area (TPSA) is 54.4 Å². The van der Waals surface area contributed by atoms with E-state index in [1.807, 2.05) is 30.3 Å². The van der Waals surface area contributed by atoms with Crippen LogP contribution in [0.4, 0.5) is 5.69 Å². The van der Waals surface area contributed by atoms with Crippen LogP contribution in [-0.2, 0) is 27.7 Å². The Kier molecular flexibility index (Phi) is 5.63. The SMILES string of the molecule is O=[N+]([O-])c1ccc2c(c1)=C=C(c1ccccc1)[O+]=2.[Cl-].[Hg+]. The maximum absolute atomic E-state index is 10.7. The summed E-state index contributed by atoms with van der Waals surface area (Å²) in [6, 6.07) is 14.0. The zero-order chi connectivity index (χ0) is 12.5. The molecule has 4 nitrogen and oxygen atoms in total. The smallest absolute Gasteiger partial charge is 1.00 e. The summed E-state index contributed by atoms with van der Waals surface area (Å²) in [5.41, 5.74) is 4.57. The first-order valence-corrected chi connectivity index (χ1v) is 5.40. The van der Waals surface area contributed by atoms with Gasteiger partial charge in [0.1, 0.15) is 5.22 Å². The fourth-order valence-electron chi connectivity index (χ4n) is 1.80. The van der Waals surface area contributed by atoms with E-state index in [0.717, 1.165) is 5.56 Å². The van der Waals surface area contributed by atoms with Gasteiger partial charge in [-0.15, -0.1) is 0 Å². The Balaban J connectivity index is 0.000001000. The quantitative estimate of drug-likeness (QED) is 0.234. The first-order chi connectivity index (χ1) is 8.74. The van der Waals surface area contributed by atoms with Crippen LogP contribution >= 0.6 is 0 Å². The van der Waals surface area contributed by atoms with E-state index in [2.05, 4.69) is 5.73 Å². The number of benzene rings is 2. The molecule has 1 aliphatic heterocycles. The first-order valence-electron chi connectivity index (χ1n) is 5.40. The number of nitro groups is 1. The molecular formula is C14H8ClHgNO3+. The van der Waals surface area contributed by atoms with Crippen molar-refractivity contribution in [1.82, 2.24) is 0 Å². The predicted molar refractivity (Wildman–Crippen MR) is 67.8 cm³/mol. The zero-order valence-corrected chi connectivity index (χ0v) is 16.6. The Labute approximate surface area is 141 Å². The van der Waals surface area contributed by atoms with Crippen LogP contribution in [0.3, 0.4) is 0 Å². The third kappa shape index (κ3) is 3.15. The van der Waals surface area contributed by atoms with Gasteiger partial charge in [-0.1, -0.05) is 18.2 Å². The zero-order valence-electron chi connectivity index (χ0n) is 10.4. The average molecular weight is 474 g/mol. The number of rotatable bonds is 2. The van der Waals surface area contributed by atoms with Crippen molar-refractivity contribution >= 4 is 17.2 Å². The summed E-state index contributed by atoms with van der Waals surface area (Å²) < 4.78 is 5.61. The molecule has 1 aliphatic rings. The van der Waals surface area contributed by atoms with Gasteiger partial charge in [-0.25, -0.2) is 0 Å². The van der Waals surface area contributed by atoms with Gasteiger partial charge in [-0.2, -0.15) is 4.42 Å². The number of halogens is 1. The first kappa shape index (κ1) is 16.6. The second-order valence-corrected chi connectivity index (χ2v) is 3.86. The van der Waals surface area contributed by atoms with Gasteiger partial charge < -0.3 is 12.4 Å². The molecule has 0 spiro atoms. The van der Waals surface area contributed by atoms with Gasteiger partial charge in [0.05, 0.1) is 16.6 Å². The van der Waals surface area contributed by atoms with Crippen LogP contribution in [0.1, 0.15) is 5.56 Å². The molecule has 3 rings (SSSR count). The standard InChI is InChI=1S/C14H8NO3.ClH.Hg/c16-15(17)12-6-7-13-11(8-12)9-14(18-13)10-4-2-1-3-5-10;;/h1-8H;1H;/q+1;;+1/p-1. The molecule has 0 aliphatic carbocycles. The number of nitro benzene ring substituents is 1. The molecule has 0 saturated carbocycles. The Hall–Kier alpha value is -1.48. The fraction of sp³-hybridized carbons (Fsp3) is 0. The summed E-state index contributed by atoms with van der Waals surface area (Å²) in [7, 11) is 0. The van der Waals surface area contributed by atoms with Crippen LogP contribution in [0.15, 0.2) is 53.0 Å². The maximum Gasteiger partial charge on any atom is 1.00 e. The number of nitrogens with zero attached hydrogens (tertiary/aromatic N) is 1. The van der Waals surface area contributed by atoms with Gasteiger partial charge in [0, 0.05) is 17.9 Å². The Bertz CT molecular complexity index is 799. The molecule has 6 heteroatoms. The largest absolute Gasteiger partial charge is 1.00 e. The Morgan fingerprint density at radius 2 is 1.80 bits per heavy atom. The van der Waals surface area contributed by atoms with Crippen molar-refractivity contribution in [2.24, 2.45) is 0 Å².